The molecule has 0 N–H and O–H groups in total. The molecule has 0 saturated carbocycles. The number of hydrogen-bond acceptors (Lipinski definition) is 4. The lowest BCUT2D eigenvalue weighted by Gasteiger charge is -2.14. The van der Waals surface area contributed by atoms with E-state index >= 15 is 0 Å². The molecule has 1 aromatic carbocycles. The summed E-state index contributed by atoms with van der Waals surface area (Å²) in [6, 6.07) is 7.94. The zero-order chi connectivity index (χ0) is 12.2. The summed E-state index contributed by atoms with van der Waals surface area (Å²) >= 11 is 0. The van der Waals surface area contributed by atoms with Crippen molar-refractivity contribution in [3.8, 4) is 5.88 Å². The maximum Gasteiger partial charge on any atom is 0.224 e. The Bertz CT molecular complexity index is 518. The van der Waals surface area contributed by atoms with E-state index in [1.807, 2.05) is 24.3 Å². The van der Waals surface area contributed by atoms with Gasteiger partial charge < -0.3 is 4.74 Å². The first kappa shape index (κ1) is 11.4. The lowest BCUT2D eigenvalue weighted by molar-refractivity contribution is 0.234. The van der Waals surface area contributed by atoms with Crippen molar-refractivity contribution >= 4 is 10.9 Å². The van der Waals surface area contributed by atoms with Crippen molar-refractivity contribution in [2.45, 2.75) is 12.8 Å². The van der Waals surface area contributed by atoms with Crippen LogP contribution in [0.1, 0.15) is 12.8 Å². The molecule has 4 heteroatoms. The number of likely N-dealkylation sites (tertiary alicyclic amines) is 1. The molecule has 1 aromatic heterocycles. The third kappa shape index (κ3) is 2.43. The molecule has 1 saturated heterocycles. The molecule has 1 fully saturated rings. The Morgan fingerprint density at radius 1 is 1.11 bits per heavy atom. The van der Waals surface area contributed by atoms with Gasteiger partial charge in [0.2, 0.25) is 5.88 Å². The third-order valence-electron chi connectivity index (χ3n) is 3.35. The number of hydrogen-bond donors (Lipinski definition) is 0. The second kappa shape index (κ2) is 5.31. The standard InChI is InChI=1S/C14H17N3O/c1-2-6-13-12(5-1)14(16-11-15-13)18-10-9-17-7-3-4-8-17/h1-2,5-6,11H,3-4,7-10H2. The van der Waals surface area contributed by atoms with Crippen LogP contribution in [0.2, 0.25) is 0 Å². The van der Waals surface area contributed by atoms with E-state index in [0.29, 0.717) is 12.5 Å². The molecule has 0 radical (unpaired) electrons. The van der Waals surface area contributed by atoms with Gasteiger partial charge in [-0.25, -0.2) is 9.97 Å². The molecule has 3 rings (SSSR count). The van der Waals surface area contributed by atoms with Gasteiger partial charge in [0.1, 0.15) is 12.9 Å². The van der Waals surface area contributed by atoms with Crippen molar-refractivity contribution in [3.63, 3.8) is 0 Å². The molecule has 0 bridgehead atoms. The first-order valence-electron chi connectivity index (χ1n) is 6.48. The molecule has 4 nitrogen and oxygen atoms in total. The van der Waals surface area contributed by atoms with Crippen LogP contribution in [-0.2, 0) is 0 Å². The van der Waals surface area contributed by atoms with Crippen molar-refractivity contribution in [3.05, 3.63) is 30.6 Å². The largest absolute Gasteiger partial charge is 0.476 e. The molecule has 0 amide bonds. The average molecular weight is 243 g/mol. The smallest absolute Gasteiger partial charge is 0.224 e. The quantitative estimate of drug-likeness (QED) is 0.824. The molecular weight excluding hydrogens is 226 g/mol. The van der Waals surface area contributed by atoms with Crippen LogP contribution in [0.3, 0.4) is 0 Å². The summed E-state index contributed by atoms with van der Waals surface area (Å²) in [5, 5.41) is 0.987. The van der Waals surface area contributed by atoms with Crippen molar-refractivity contribution in [2.75, 3.05) is 26.2 Å². The second-order valence-corrected chi connectivity index (χ2v) is 4.59. The van der Waals surface area contributed by atoms with Gasteiger partial charge in [-0.1, -0.05) is 12.1 Å². The van der Waals surface area contributed by atoms with E-state index < -0.39 is 0 Å². The van der Waals surface area contributed by atoms with Gasteiger partial charge in [0, 0.05) is 6.54 Å². The number of fused-ring (bicyclic) bond motifs is 1. The third-order valence-corrected chi connectivity index (χ3v) is 3.35. The van der Waals surface area contributed by atoms with E-state index in [0.717, 1.165) is 17.4 Å². The lowest BCUT2D eigenvalue weighted by Crippen LogP contribution is -2.25. The van der Waals surface area contributed by atoms with Gasteiger partial charge in [-0.3, -0.25) is 4.90 Å². The predicted molar refractivity (Wildman–Crippen MR) is 70.7 cm³/mol. The highest BCUT2D eigenvalue weighted by Crippen LogP contribution is 2.20. The van der Waals surface area contributed by atoms with E-state index in [-0.39, 0.29) is 0 Å². The van der Waals surface area contributed by atoms with Crippen LogP contribution in [-0.4, -0.2) is 41.1 Å². The fraction of sp³-hybridized carbons (Fsp3) is 0.429. The number of aromatic nitrogens is 2. The van der Waals surface area contributed by atoms with Gasteiger partial charge in [-0.15, -0.1) is 0 Å². The molecule has 18 heavy (non-hydrogen) atoms. The van der Waals surface area contributed by atoms with Crippen molar-refractivity contribution in [1.82, 2.24) is 14.9 Å². The van der Waals surface area contributed by atoms with Gasteiger partial charge in [-0.05, 0) is 38.1 Å². The van der Waals surface area contributed by atoms with E-state index in [4.69, 9.17) is 4.74 Å². The first-order chi connectivity index (χ1) is 8.93. The molecule has 0 aliphatic carbocycles. The van der Waals surface area contributed by atoms with E-state index in [9.17, 15) is 0 Å². The summed E-state index contributed by atoms with van der Waals surface area (Å²) in [5.74, 6) is 0.694. The molecular formula is C14H17N3O. The van der Waals surface area contributed by atoms with Crippen molar-refractivity contribution in [1.29, 1.82) is 0 Å². The molecule has 1 aliphatic heterocycles. The van der Waals surface area contributed by atoms with E-state index in [1.165, 1.54) is 25.9 Å². The highest BCUT2D eigenvalue weighted by molar-refractivity contribution is 5.82. The highest BCUT2D eigenvalue weighted by Gasteiger charge is 2.11. The fourth-order valence-electron chi connectivity index (χ4n) is 2.37. The SMILES string of the molecule is c1ccc2c(OCCN3CCCC3)ncnc2c1. The number of ether oxygens (including phenoxy) is 1. The zero-order valence-corrected chi connectivity index (χ0v) is 10.4. The maximum atomic E-state index is 5.79. The molecule has 2 aromatic rings. The number of nitrogens with zero attached hydrogens (tertiary/aromatic N) is 3. The summed E-state index contributed by atoms with van der Waals surface area (Å²) in [6.45, 7) is 4.08. The van der Waals surface area contributed by atoms with Gasteiger partial charge in [0.05, 0.1) is 10.9 Å². The summed E-state index contributed by atoms with van der Waals surface area (Å²) < 4.78 is 5.79. The van der Waals surface area contributed by atoms with E-state index in [1.54, 1.807) is 6.33 Å². The number of para-hydroxylation sites is 1. The Morgan fingerprint density at radius 2 is 1.94 bits per heavy atom. The molecule has 94 valence electrons. The minimum absolute atomic E-state index is 0.694. The van der Waals surface area contributed by atoms with Gasteiger partial charge in [0.15, 0.2) is 0 Å². The molecule has 1 aliphatic rings. The second-order valence-electron chi connectivity index (χ2n) is 4.59. The topological polar surface area (TPSA) is 38.2 Å². The Kier molecular flexibility index (Phi) is 3.37. The Morgan fingerprint density at radius 3 is 2.83 bits per heavy atom. The van der Waals surface area contributed by atoms with Crippen molar-refractivity contribution < 1.29 is 4.74 Å². The van der Waals surface area contributed by atoms with Crippen molar-refractivity contribution in [2.24, 2.45) is 0 Å². The van der Waals surface area contributed by atoms with Gasteiger partial charge in [-0.2, -0.15) is 0 Å². The summed E-state index contributed by atoms with van der Waals surface area (Å²) in [7, 11) is 0. The van der Waals surface area contributed by atoms with Crippen LogP contribution >= 0.6 is 0 Å². The molecule has 2 heterocycles. The van der Waals surface area contributed by atoms with Gasteiger partial charge in [0.25, 0.3) is 0 Å². The molecule has 0 spiro atoms. The normalized spacial score (nSPS) is 16.2. The minimum atomic E-state index is 0.694. The maximum absolute atomic E-state index is 5.79. The Labute approximate surface area is 107 Å². The van der Waals surface area contributed by atoms with E-state index in [2.05, 4.69) is 14.9 Å². The van der Waals surface area contributed by atoms with Crippen LogP contribution in [0.4, 0.5) is 0 Å². The highest BCUT2D eigenvalue weighted by atomic mass is 16.5. The average Bonchev–Trinajstić information content (AvgIpc) is 2.92. The van der Waals surface area contributed by atoms with Crippen LogP contribution in [0.5, 0.6) is 5.88 Å². The fourth-order valence-corrected chi connectivity index (χ4v) is 2.37. The van der Waals surface area contributed by atoms with Crippen LogP contribution in [0.15, 0.2) is 30.6 Å². The summed E-state index contributed by atoms with van der Waals surface area (Å²) in [5.41, 5.74) is 0.934. The first-order valence-corrected chi connectivity index (χ1v) is 6.48. The molecule has 0 unspecified atom stereocenters. The number of rotatable bonds is 4. The molecule has 0 atom stereocenters. The monoisotopic (exact) mass is 243 g/mol. The van der Waals surface area contributed by atoms with Gasteiger partial charge >= 0.3 is 0 Å². The van der Waals surface area contributed by atoms with Crippen LogP contribution in [0.25, 0.3) is 10.9 Å². The predicted octanol–water partition coefficient (Wildman–Crippen LogP) is 2.10. The number of benzene rings is 1. The van der Waals surface area contributed by atoms with Crippen LogP contribution < -0.4 is 4.74 Å². The lowest BCUT2D eigenvalue weighted by atomic mass is 10.2. The summed E-state index contributed by atoms with van der Waals surface area (Å²) in [4.78, 5) is 10.9. The zero-order valence-electron chi connectivity index (χ0n) is 10.4. The minimum Gasteiger partial charge on any atom is -0.476 e. The Balaban J connectivity index is 1.66. The Hall–Kier alpha value is -1.68. The summed E-state index contributed by atoms with van der Waals surface area (Å²) in [6.07, 6.45) is 4.19. The van der Waals surface area contributed by atoms with Crippen LogP contribution in [0, 0.1) is 0 Å².